The minimum Gasteiger partial charge on any atom is -0.382 e. The van der Waals surface area contributed by atoms with E-state index in [4.69, 9.17) is 5.73 Å². The molecule has 0 aliphatic heterocycles. The highest BCUT2D eigenvalue weighted by Gasteiger charge is 2.26. The molecule has 19 heavy (non-hydrogen) atoms. The maximum Gasteiger partial charge on any atom is 0.272 e. The van der Waals surface area contributed by atoms with E-state index in [1.165, 1.54) is 19.3 Å². The van der Waals surface area contributed by atoms with Gasteiger partial charge >= 0.3 is 0 Å². The fourth-order valence-electron chi connectivity index (χ4n) is 2.78. The SMILES string of the molecule is CC(C)n1nc(N)cc1C(=O)N(C)C1CCCCC1. The van der Waals surface area contributed by atoms with Crippen LogP contribution in [0.5, 0.6) is 0 Å². The Bertz CT molecular complexity index is 446. The van der Waals surface area contributed by atoms with E-state index < -0.39 is 0 Å². The molecule has 0 saturated heterocycles. The lowest BCUT2D eigenvalue weighted by molar-refractivity contribution is 0.0681. The van der Waals surface area contributed by atoms with Crippen LogP contribution in [0.15, 0.2) is 6.07 Å². The third kappa shape index (κ3) is 2.91. The molecule has 0 aromatic carbocycles. The number of hydrogen-bond donors (Lipinski definition) is 1. The van der Waals surface area contributed by atoms with Crippen molar-refractivity contribution >= 4 is 11.7 Å². The van der Waals surface area contributed by atoms with Crippen molar-refractivity contribution < 1.29 is 4.79 Å². The van der Waals surface area contributed by atoms with Crippen LogP contribution in [0.4, 0.5) is 5.82 Å². The lowest BCUT2D eigenvalue weighted by Crippen LogP contribution is -2.39. The van der Waals surface area contributed by atoms with Crippen LogP contribution in [0.3, 0.4) is 0 Å². The summed E-state index contributed by atoms with van der Waals surface area (Å²) in [5.41, 5.74) is 6.33. The van der Waals surface area contributed by atoms with Crippen LogP contribution < -0.4 is 5.73 Å². The molecule has 5 nitrogen and oxygen atoms in total. The third-order valence-corrected chi connectivity index (χ3v) is 3.91. The van der Waals surface area contributed by atoms with Gasteiger partial charge in [-0.1, -0.05) is 19.3 Å². The fourth-order valence-corrected chi connectivity index (χ4v) is 2.78. The van der Waals surface area contributed by atoms with Crippen molar-refractivity contribution in [2.75, 3.05) is 12.8 Å². The van der Waals surface area contributed by atoms with Gasteiger partial charge in [-0.15, -0.1) is 0 Å². The van der Waals surface area contributed by atoms with Crippen LogP contribution in [0.2, 0.25) is 0 Å². The monoisotopic (exact) mass is 264 g/mol. The van der Waals surface area contributed by atoms with Crippen molar-refractivity contribution in [2.45, 2.75) is 58.0 Å². The number of nitrogen functional groups attached to an aromatic ring is 1. The minimum atomic E-state index is 0.0322. The average Bonchev–Trinajstić information content (AvgIpc) is 2.80. The molecule has 0 bridgehead atoms. The first-order valence-corrected chi connectivity index (χ1v) is 7.13. The summed E-state index contributed by atoms with van der Waals surface area (Å²) in [6.45, 7) is 4.01. The molecule has 0 atom stereocenters. The summed E-state index contributed by atoms with van der Waals surface area (Å²) in [7, 11) is 1.90. The molecule has 106 valence electrons. The number of hydrogen-bond acceptors (Lipinski definition) is 3. The zero-order valence-electron chi connectivity index (χ0n) is 12.1. The molecule has 0 spiro atoms. The van der Waals surface area contributed by atoms with E-state index in [9.17, 15) is 4.79 Å². The van der Waals surface area contributed by atoms with Crippen molar-refractivity contribution in [2.24, 2.45) is 0 Å². The van der Waals surface area contributed by atoms with Gasteiger partial charge in [0.25, 0.3) is 5.91 Å². The maximum atomic E-state index is 12.6. The van der Waals surface area contributed by atoms with E-state index in [-0.39, 0.29) is 11.9 Å². The Morgan fingerprint density at radius 2 is 2.05 bits per heavy atom. The molecule has 5 heteroatoms. The van der Waals surface area contributed by atoms with E-state index in [1.54, 1.807) is 10.7 Å². The maximum absolute atomic E-state index is 12.6. The lowest BCUT2D eigenvalue weighted by atomic mass is 9.94. The molecule has 1 aliphatic carbocycles. The second kappa shape index (κ2) is 5.63. The van der Waals surface area contributed by atoms with Gasteiger partial charge in [-0.05, 0) is 26.7 Å². The number of nitrogens with two attached hydrogens (primary N) is 1. The van der Waals surface area contributed by atoms with Crippen LogP contribution in [-0.2, 0) is 0 Å². The van der Waals surface area contributed by atoms with Crippen LogP contribution in [-0.4, -0.2) is 33.7 Å². The summed E-state index contributed by atoms with van der Waals surface area (Å²) in [5.74, 6) is 0.443. The van der Waals surface area contributed by atoms with Gasteiger partial charge in [-0.2, -0.15) is 5.10 Å². The predicted molar refractivity (Wildman–Crippen MR) is 76.0 cm³/mol. The molecule has 0 unspecified atom stereocenters. The van der Waals surface area contributed by atoms with Crippen LogP contribution in [0.1, 0.15) is 62.5 Å². The largest absolute Gasteiger partial charge is 0.382 e. The van der Waals surface area contributed by atoms with Crippen molar-refractivity contribution in [1.82, 2.24) is 14.7 Å². The Morgan fingerprint density at radius 1 is 1.42 bits per heavy atom. The molecule has 2 rings (SSSR count). The quantitative estimate of drug-likeness (QED) is 0.912. The number of amides is 1. The molecule has 1 aromatic rings. The standard InChI is InChI=1S/C14H24N4O/c1-10(2)18-12(9-13(15)16-18)14(19)17(3)11-7-5-4-6-8-11/h9-11H,4-8H2,1-3H3,(H2,15,16). The van der Waals surface area contributed by atoms with Crippen molar-refractivity contribution in [3.05, 3.63) is 11.8 Å². The van der Waals surface area contributed by atoms with Gasteiger partial charge in [-0.25, -0.2) is 0 Å². The first-order valence-electron chi connectivity index (χ1n) is 7.13. The van der Waals surface area contributed by atoms with Gasteiger partial charge in [0.15, 0.2) is 0 Å². The molecular formula is C14H24N4O. The highest BCUT2D eigenvalue weighted by Crippen LogP contribution is 2.24. The Labute approximate surface area is 114 Å². The molecule has 1 aliphatic rings. The third-order valence-electron chi connectivity index (χ3n) is 3.91. The van der Waals surface area contributed by atoms with Gasteiger partial charge in [0, 0.05) is 25.2 Å². The zero-order chi connectivity index (χ0) is 14.0. The van der Waals surface area contributed by atoms with Gasteiger partial charge in [0.2, 0.25) is 0 Å². The number of carbonyl (C=O) groups is 1. The van der Waals surface area contributed by atoms with E-state index in [1.807, 2.05) is 25.8 Å². The molecule has 1 amide bonds. The van der Waals surface area contributed by atoms with Crippen LogP contribution in [0, 0.1) is 0 Å². The molecule has 0 radical (unpaired) electrons. The molecule has 1 saturated carbocycles. The number of nitrogens with zero attached hydrogens (tertiary/aromatic N) is 3. The highest BCUT2D eigenvalue weighted by atomic mass is 16.2. The van der Waals surface area contributed by atoms with Crippen molar-refractivity contribution in [3.8, 4) is 0 Å². The normalized spacial score (nSPS) is 16.8. The molecule has 1 aromatic heterocycles. The number of rotatable bonds is 3. The van der Waals surface area contributed by atoms with E-state index in [0.717, 1.165) is 12.8 Å². The van der Waals surface area contributed by atoms with Gasteiger partial charge in [-0.3, -0.25) is 9.48 Å². The Balaban J connectivity index is 2.18. The molecule has 1 fully saturated rings. The van der Waals surface area contributed by atoms with E-state index in [2.05, 4.69) is 5.10 Å². The predicted octanol–water partition coefficient (Wildman–Crippen LogP) is 2.45. The summed E-state index contributed by atoms with van der Waals surface area (Å²) in [4.78, 5) is 14.5. The summed E-state index contributed by atoms with van der Waals surface area (Å²) in [5, 5.41) is 4.21. The summed E-state index contributed by atoms with van der Waals surface area (Å²) >= 11 is 0. The summed E-state index contributed by atoms with van der Waals surface area (Å²) in [6, 6.07) is 2.18. The summed E-state index contributed by atoms with van der Waals surface area (Å²) < 4.78 is 1.72. The second-order valence-electron chi connectivity index (χ2n) is 5.70. The molecule has 2 N–H and O–H groups in total. The van der Waals surface area contributed by atoms with E-state index in [0.29, 0.717) is 17.6 Å². The van der Waals surface area contributed by atoms with Gasteiger partial charge < -0.3 is 10.6 Å². The van der Waals surface area contributed by atoms with E-state index >= 15 is 0 Å². The molecular weight excluding hydrogens is 240 g/mol. The summed E-state index contributed by atoms with van der Waals surface area (Å²) in [6.07, 6.45) is 5.93. The first kappa shape index (κ1) is 13.9. The number of carbonyl (C=O) groups excluding carboxylic acids is 1. The van der Waals surface area contributed by atoms with Gasteiger partial charge in [0.1, 0.15) is 11.5 Å². The second-order valence-corrected chi connectivity index (χ2v) is 5.70. The van der Waals surface area contributed by atoms with Crippen molar-refractivity contribution in [3.63, 3.8) is 0 Å². The fraction of sp³-hybridized carbons (Fsp3) is 0.714. The van der Waals surface area contributed by atoms with Crippen LogP contribution >= 0.6 is 0 Å². The van der Waals surface area contributed by atoms with Crippen molar-refractivity contribution in [1.29, 1.82) is 0 Å². The lowest BCUT2D eigenvalue weighted by Gasteiger charge is -2.31. The zero-order valence-corrected chi connectivity index (χ0v) is 12.1. The number of aromatic nitrogens is 2. The Kier molecular flexibility index (Phi) is 4.12. The minimum absolute atomic E-state index is 0.0322. The Hall–Kier alpha value is -1.52. The van der Waals surface area contributed by atoms with Crippen LogP contribution in [0.25, 0.3) is 0 Å². The topological polar surface area (TPSA) is 64.2 Å². The first-order chi connectivity index (χ1) is 9.00. The smallest absolute Gasteiger partial charge is 0.272 e. The highest BCUT2D eigenvalue weighted by molar-refractivity contribution is 5.93. The van der Waals surface area contributed by atoms with Gasteiger partial charge in [0.05, 0.1) is 0 Å². The number of anilines is 1. The Morgan fingerprint density at radius 3 is 2.63 bits per heavy atom. The average molecular weight is 264 g/mol. The molecule has 1 heterocycles.